The molecule has 1 saturated heterocycles. The lowest BCUT2D eigenvalue weighted by Gasteiger charge is -2.30. The second-order valence-electron chi connectivity index (χ2n) is 7.28. The summed E-state index contributed by atoms with van der Waals surface area (Å²) in [6, 6.07) is 9.81. The minimum atomic E-state index is -0.221. The molecule has 1 N–H and O–H groups in total. The Labute approximate surface area is 184 Å². The number of rotatable bonds is 10. The van der Waals surface area contributed by atoms with Crippen LogP contribution < -0.4 is 14.8 Å². The van der Waals surface area contributed by atoms with Gasteiger partial charge in [0.1, 0.15) is 5.75 Å². The van der Waals surface area contributed by atoms with Gasteiger partial charge in [-0.2, -0.15) is 0 Å². The summed E-state index contributed by atoms with van der Waals surface area (Å²) in [7, 11) is 3.27. The molecule has 2 heterocycles. The number of pyridine rings is 1. The highest BCUT2D eigenvalue weighted by Gasteiger charge is 2.22. The van der Waals surface area contributed by atoms with E-state index in [0.717, 1.165) is 35.4 Å². The van der Waals surface area contributed by atoms with Crippen molar-refractivity contribution in [2.45, 2.75) is 38.6 Å². The number of nitrogens with zero attached hydrogens (tertiary/aromatic N) is 2. The third-order valence-electron chi connectivity index (χ3n) is 5.29. The molecule has 0 radical (unpaired) electrons. The van der Waals surface area contributed by atoms with Gasteiger partial charge >= 0.3 is 0 Å². The van der Waals surface area contributed by atoms with Crippen molar-refractivity contribution < 1.29 is 18.9 Å². The molecule has 7 nitrogen and oxygen atoms in total. The smallest absolute Gasteiger partial charge is 0.212 e. The summed E-state index contributed by atoms with van der Waals surface area (Å²) in [5, 5.41) is 3.45. The highest BCUT2D eigenvalue weighted by atomic mass is 16.7. The molecule has 2 aromatic rings. The van der Waals surface area contributed by atoms with Crippen LogP contribution in [0.2, 0.25) is 0 Å². The molecule has 3 rings (SSSR count). The normalized spacial score (nSPS) is 19.1. The molecule has 0 saturated carbocycles. The van der Waals surface area contributed by atoms with E-state index in [1.807, 2.05) is 43.5 Å². The van der Waals surface area contributed by atoms with Crippen LogP contribution in [-0.4, -0.2) is 51.5 Å². The molecule has 0 spiro atoms. The number of nitrogens with one attached hydrogen (secondary N) is 1. The molecule has 1 fully saturated rings. The lowest BCUT2D eigenvalue weighted by Crippen LogP contribution is -2.44. The molecule has 1 aliphatic heterocycles. The number of aromatic nitrogens is 1. The quantitative estimate of drug-likeness (QED) is 0.577. The Bertz CT molecular complexity index is 875. The van der Waals surface area contributed by atoms with Crippen molar-refractivity contribution >= 4 is 18.0 Å². The summed E-state index contributed by atoms with van der Waals surface area (Å²) in [5.41, 5.74) is 4.13. The van der Waals surface area contributed by atoms with Crippen molar-refractivity contribution in [2.24, 2.45) is 4.99 Å². The van der Waals surface area contributed by atoms with E-state index in [1.54, 1.807) is 14.2 Å². The van der Waals surface area contributed by atoms with E-state index in [1.165, 1.54) is 5.57 Å². The fourth-order valence-corrected chi connectivity index (χ4v) is 3.47. The Hall–Kier alpha value is -2.74. The predicted molar refractivity (Wildman–Crippen MR) is 122 cm³/mol. The Kier molecular flexibility index (Phi) is 8.58. The van der Waals surface area contributed by atoms with Crippen molar-refractivity contribution in [3.05, 3.63) is 53.7 Å². The van der Waals surface area contributed by atoms with Gasteiger partial charge in [-0.3, -0.25) is 4.99 Å². The van der Waals surface area contributed by atoms with E-state index in [2.05, 4.69) is 28.1 Å². The van der Waals surface area contributed by atoms with Crippen molar-refractivity contribution in [1.29, 1.82) is 0 Å². The molecular formula is C24H31N3O4. The van der Waals surface area contributed by atoms with Crippen molar-refractivity contribution in [3.63, 3.8) is 0 Å². The number of ether oxygens (including phenoxy) is 4. The van der Waals surface area contributed by atoms with Crippen LogP contribution in [0.25, 0.3) is 5.57 Å². The summed E-state index contributed by atoms with van der Waals surface area (Å²) >= 11 is 0. The standard InChI is InChI=1S/C24H31N3O4/c1-5-18(21-12-20(28-3)8-9-22(21)25-2)7-11-24-30-15-19(16-31-24)26-13-17-6-10-23(29-4)27-14-17/h5-6,8-10,12,14,19,24,26H,2,7,11,13,15-16H2,1,3-4H3/b18-5-. The van der Waals surface area contributed by atoms with Crippen LogP contribution in [0.5, 0.6) is 11.6 Å². The van der Waals surface area contributed by atoms with Gasteiger partial charge in [0.25, 0.3) is 0 Å². The largest absolute Gasteiger partial charge is 0.497 e. The van der Waals surface area contributed by atoms with Crippen molar-refractivity contribution in [1.82, 2.24) is 10.3 Å². The fraction of sp³-hybridized carbons (Fsp3) is 0.417. The lowest BCUT2D eigenvalue weighted by atomic mass is 9.98. The van der Waals surface area contributed by atoms with Crippen LogP contribution in [0.3, 0.4) is 0 Å². The summed E-state index contributed by atoms with van der Waals surface area (Å²) in [4.78, 5) is 8.37. The van der Waals surface area contributed by atoms with E-state index in [-0.39, 0.29) is 12.3 Å². The Morgan fingerprint density at radius 1 is 1.23 bits per heavy atom. The topological polar surface area (TPSA) is 74.2 Å². The SMILES string of the molecule is C=Nc1ccc(OC)cc1/C(=C\C)CCC1OCC(NCc2ccc(OC)nc2)CO1. The fourth-order valence-electron chi connectivity index (χ4n) is 3.47. The highest BCUT2D eigenvalue weighted by Crippen LogP contribution is 2.33. The van der Waals surface area contributed by atoms with Crippen LogP contribution in [0.4, 0.5) is 5.69 Å². The maximum Gasteiger partial charge on any atom is 0.212 e. The van der Waals surface area contributed by atoms with Crippen LogP contribution in [0.1, 0.15) is 30.9 Å². The van der Waals surface area contributed by atoms with Crippen LogP contribution >= 0.6 is 0 Å². The molecule has 1 aromatic carbocycles. The van der Waals surface area contributed by atoms with Gasteiger partial charge in [0.05, 0.1) is 39.2 Å². The minimum Gasteiger partial charge on any atom is -0.497 e. The van der Waals surface area contributed by atoms with E-state index < -0.39 is 0 Å². The van der Waals surface area contributed by atoms with Gasteiger partial charge in [-0.1, -0.05) is 12.1 Å². The molecule has 7 heteroatoms. The number of allylic oxidation sites excluding steroid dienone is 2. The van der Waals surface area contributed by atoms with Gasteiger partial charge in [0.15, 0.2) is 6.29 Å². The molecule has 0 amide bonds. The summed E-state index contributed by atoms with van der Waals surface area (Å²) < 4.78 is 22.3. The lowest BCUT2D eigenvalue weighted by molar-refractivity contribution is -0.191. The Morgan fingerprint density at radius 3 is 2.65 bits per heavy atom. The van der Waals surface area contributed by atoms with Gasteiger partial charge in [-0.15, -0.1) is 0 Å². The molecule has 0 atom stereocenters. The number of benzene rings is 1. The predicted octanol–water partition coefficient (Wildman–Crippen LogP) is 4.15. The average molecular weight is 426 g/mol. The van der Waals surface area contributed by atoms with Gasteiger partial charge in [-0.25, -0.2) is 4.98 Å². The number of hydrogen-bond acceptors (Lipinski definition) is 7. The molecule has 1 aromatic heterocycles. The van der Waals surface area contributed by atoms with Crippen molar-refractivity contribution in [3.8, 4) is 11.6 Å². The second kappa shape index (κ2) is 11.6. The highest BCUT2D eigenvalue weighted by molar-refractivity contribution is 5.76. The molecule has 166 valence electrons. The van der Waals surface area contributed by atoms with E-state index >= 15 is 0 Å². The van der Waals surface area contributed by atoms with Gasteiger partial charge in [0.2, 0.25) is 5.88 Å². The first-order valence-corrected chi connectivity index (χ1v) is 10.4. The average Bonchev–Trinajstić information content (AvgIpc) is 2.84. The monoisotopic (exact) mass is 425 g/mol. The van der Waals surface area contributed by atoms with E-state index in [0.29, 0.717) is 25.6 Å². The zero-order chi connectivity index (χ0) is 22.1. The van der Waals surface area contributed by atoms with Gasteiger partial charge in [0, 0.05) is 30.8 Å². The van der Waals surface area contributed by atoms with Crippen LogP contribution in [-0.2, 0) is 16.0 Å². The van der Waals surface area contributed by atoms with E-state index in [4.69, 9.17) is 18.9 Å². The first-order valence-electron chi connectivity index (χ1n) is 10.4. The number of hydrogen-bond donors (Lipinski definition) is 1. The summed E-state index contributed by atoms with van der Waals surface area (Å²) in [6.45, 7) is 7.63. The van der Waals surface area contributed by atoms with Crippen LogP contribution in [0, 0.1) is 0 Å². The molecule has 1 aliphatic rings. The minimum absolute atomic E-state index is 0.148. The zero-order valence-electron chi connectivity index (χ0n) is 18.5. The number of methoxy groups -OCH3 is 2. The number of aliphatic imine (C=N–C) groups is 1. The summed E-state index contributed by atoms with van der Waals surface area (Å²) in [5.74, 6) is 1.41. The maximum absolute atomic E-state index is 5.94. The van der Waals surface area contributed by atoms with Crippen molar-refractivity contribution in [2.75, 3.05) is 27.4 Å². The third kappa shape index (κ3) is 6.37. The molecular weight excluding hydrogens is 394 g/mol. The van der Waals surface area contributed by atoms with Crippen LogP contribution in [0.15, 0.2) is 47.6 Å². The Morgan fingerprint density at radius 2 is 2.03 bits per heavy atom. The molecule has 0 aliphatic carbocycles. The summed E-state index contributed by atoms with van der Waals surface area (Å²) in [6.07, 6.45) is 5.26. The third-order valence-corrected chi connectivity index (χ3v) is 5.29. The molecule has 0 unspecified atom stereocenters. The van der Waals surface area contributed by atoms with E-state index in [9.17, 15) is 0 Å². The molecule has 0 bridgehead atoms. The second-order valence-corrected chi connectivity index (χ2v) is 7.28. The Balaban J connectivity index is 1.46. The first kappa shape index (κ1) is 22.9. The maximum atomic E-state index is 5.94. The zero-order valence-corrected chi connectivity index (χ0v) is 18.5. The molecule has 31 heavy (non-hydrogen) atoms. The van der Waals surface area contributed by atoms with Gasteiger partial charge in [-0.05, 0) is 49.4 Å². The van der Waals surface area contributed by atoms with Gasteiger partial charge < -0.3 is 24.3 Å². The first-order chi connectivity index (χ1) is 15.2.